The highest BCUT2D eigenvalue weighted by atomic mass is 35.5. The van der Waals surface area contributed by atoms with Gasteiger partial charge in [-0.1, -0.05) is 31.0 Å². The van der Waals surface area contributed by atoms with Gasteiger partial charge in [-0.3, -0.25) is 9.69 Å². The summed E-state index contributed by atoms with van der Waals surface area (Å²) in [7, 11) is 1.90. The number of carbonyl (C=O) groups excluding carboxylic acids is 1. The van der Waals surface area contributed by atoms with E-state index in [-0.39, 0.29) is 17.4 Å². The zero-order valence-corrected chi connectivity index (χ0v) is 19.1. The number of nitrogens with zero attached hydrogens (tertiary/aromatic N) is 2. The molecule has 6 heteroatoms. The second-order valence-electron chi connectivity index (χ2n) is 7.89. The molecule has 1 atom stereocenters. The molecule has 1 amide bonds. The minimum absolute atomic E-state index is 0.234. The predicted molar refractivity (Wildman–Crippen MR) is 117 cm³/mol. The van der Waals surface area contributed by atoms with Gasteiger partial charge in [0.05, 0.1) is 22.8 Å². The van der Waals surface area contributed by atoms with Gasteiger partial charge in [0.2, 0.25) is 5.91 Å². The molecule has 28 heavy (non-hydrogen) atoms. The number of likely N-dealkylation sites (tertiary alicyclic amines) is 1. The smallest absolute Gasteiger partial charge is 0.228 e. The molecule has 0 saturated carbocycles. The van der Waals surface area contributed by atoms with E-state index >= 15 is 0 Å². The Morgan fingerprint density at radius 1 is 1.32 bits per heavy atom. The number of carbonyl (C=O) groups is 1. The highest BCUT2D eigenvalue weighted by Gasteiger charge is 2.42. The number of piperidine rings is 1. The number of amides is 1. The van der Waals surface area contributed by atoms with Crippen LogP contribution in [0.1, 0.15) is 59.8 Å². The van der Waals surface area contributed by atoms with Gasteiger partial charge < -0.3 is 14.7 Å². The molecule has 0 aliphatic carbocycles. The Morgan fingerprint density at radius 3 is 2.46 bits per heavy atom. The van der Waals surface area contributed by atoms with Crippen LogP contribution in [0.2, 0.25) is 0 Å². The zero-order valence-electron chi connectivity index (χ0n) is 18.3. The molecule has 1 heterocycles. The van der Waals surface area contributed by atoms with Gasteiger partial charge in [-0.2, -0.15) is 0 Å². The average Bonchev–Trinajstić information content (AvgIpc) is 2.72. The SMILES string of the molecule is CC/C(=C\C(Cl)=C\O)CN1CCC(CCOC(C)CC)(C(=O)N(C)CC)CC1. The van der Waals surface area contributed by atoms with Crippen LogP contribution in [0.5, 0.6) is 0 Å². The molecule has 1 N–H and O–H groups in total. The van der Waals surface area contributed by atoms with Gasteiger partial charge in [-0.25, -0.2) is 0 Å². The minimum Gasteiger partial charge on any atom is -0.514 e. The topological polar surface area (TPSA) is 53.0 Å². The van der Waals surface area contributed by atoms with E-state index in [2.05, 4.69) is 25.7 Å². The number of ether oxygens (including phenoxy) is 1. The summed E-state index contributed by atoms with van der Waals surface area (Å²) in [5.74, 6) is 0.250. The zero-order chi connectivity index (χ0) is 21.2. The van der Waals surface area contributed by atoms with Crippen LogP contribution >= 0.6 is 11.6 Å². The van der Waals surface area contributed by atoms with Crippen molar-refractivity contribution in [1.29, 1.82) is 0 Å². The summed E-state index contributed by atoms with van der Waals surface area (Å²) in [4.78, 5) is 17.4. The summed E-state index contributed by atoms with van der Waals surface area (Å²) in [6.07, 6.45) is 7.34. The van der Waals surface area contributed by atoms with Crippen LogP contribution in [0.15, 0.2) is 22.9 Å². The van der Waals surface area contributed by atoms with Crippen molar-refractivity contribution >= 4 is 17.5 Å². The summed E-state index contributed by atoms with van der Waals surface area (Å²) >= 11 is 5.94. The van der Waals surface area contributed by atoms with E-state index in [1.807, 2.05) is 24.9 Å². The van der Waals surface area contributed by atoms with Gasteiger partial charge in [0.15, 0.2) is 0 Å². The van der Waals surface area contributed by atoms with E-state index < -0.39 is 0 Å². The Bertz CT molecular complexity index is 540. The first-order valence-corrected chi connectivity index (χ1v) is 11.0. The molecule has 0 spiro atoms. The first-order valence-electron chi connectivity index (χ1n) is 10.6. The maximum Gasteiger partial charge on any atom is 0.228 e. The highest BCUT2D eigenvalue weighted by molar-refractivity contribution is 6.31. The lowest BCUT2D eigenvalue weighted by atomic mass is 9.74. The van der Waals surface area contributed by atoms with E-state index in [4.69, 9.17) is 21.4 Å². The van der Waals surface area contributed by atoms with Crippen LogP contribution < -0.4 is 0 Å². The maximum absolute atomic E-state index is 13.2. The van der Waals surface area contributed by atoms with Crippen molar-refractivity contribution in [3.63, 3.8) is 0 Å². The normalized spacial score (nSPS) is 19.5. The molecular weight excluding hydrogens is 376 g/mol. The molecule has 0 aromatic carbocycles. The fourth-order valence-electron chi connectivity index (χ4n) is 3.61. The fraction of sp³-hybridized carbons (Fsp3) is 0.773. The third kappa shape index (κ3) is 7.41. The summed E-state index contributed by atoms with van der Waals surface area (Å²) < 4.78 is 5.91. The average molecular weight is 415 g/mol. The van der Waals surface area contributed by atoms with Crippen molar-refractivity contribution in [3.8, 4) is 0 Å². The van der Waals surface area contributed by atoms with Gasteiger partial charge in [-0.15, -0.1) is 0 Å². The van der Waals surface area contributed by atoms with E-state index in [1.165, 1.54) is 5.57 Å². The summed E-state index contributed by atoms with van der Waals surface area (Å²) in [5, 5.41) is 9.38. The highest BCUT2D eigenvalue weighted by Crippen LogP contribution is 2.37. The Hall–Kier alpha value is -1.04. The molecular formula is C22H39ClN2O3. The van der Waals surface area contributed by atoms with E-state index in [9.17, 15) is 4.79 Å². The van der Waals surface area contributed by atoms with E-state index in [0.717, 1.165) is 64.5 Å². The third-order valence-electron chi connectivity index (χ3n) is 5.99. The van der Waals surface area contributed by atoms with Crippen molar-refractivity contribution in [2.45, 2.75) is 65.9 Å². The molecule has 0 aromatic rings. The Morgan fingerprint density at radius 2 is 1.96 bits per heavy atom. The van der Waals surface area contributed by atoms with E-state index in [0.29, 0.717) is 11.6 Å². The van der Waals surface area contributed by atoms with E-state index in [1.54, 1.807) is 0 Å². The van der Waals surface area contributed by atoms with Crippen LogP contribution in [-0.4, -0.2) is 66.8 Å². The summed E-state index contributed by atoms with van der Waals surface area (Å²) in [5.41, 5.74) is 0.855. The molecule has 162 valence electrons. The van der Waals surface area contributed by atoms with Crippen LogP contribution in [-0.2, 0) is 9.53 Å². The molecule has 1 rings (SSSR count). The van der Waals surface area contributed by atoms with Crippen LogP contribution in [0, 0.1) is 5.41 Å². The van der Waals surface area contributed by atoms with Crippen LogP contribution in [0.4, 0.5) is 0 Å². The van der Waals surface area contributed by atoms with Gasteiger partial charge in [0, 0.05) is 26.7 Å². The minimum atomic E-state index is -0.326. The van der Waals surface area contributed by atoms with Crippen molar-refractivity contribution in [1.82, 2.24) is 9.80 Å². The Balaban J connectivity index is 2.79. The van der Waals surface area contributed by atoms with Crippen molar-refractivity contribution in [3.05, 3.63) is 22.9 Å². The largest absolute Gasteiger partial charge is 0.514 e. The lowest BCUT2D eigenvalue weighted by Gasteiger charge is -2.42. The maximum atomic E-state index is 13.2. The standard InChI is InChI=1S/C22H39ClN2O3/c1-6-18(4)28-14-11-22(21(27)24(5)8-3)9-12-25(13-10-22)16-19(7-2)15-20(23)17-26/h15,17-18,26H,6-14,16H2,1-5H3/b19-15+,20-17-. The summed E-state index contributed by atoms with van der Waals surface area (Å²) in [6, 6.07) is 0. The molecule has 1 fully saturated rings. The molecule has 1 aliphatic rings. The monoisotopic (exact) mass is 414 g/mol. The van der Waals surface area contributed by atoms with Crippen molar-refractivity contribution in [2.24, 2.45) is 5.41 Å². The fourth-order valence-corrected chi connectivity index (χ4v) is 3.77. The van der Waals surface area contributed by atoms with Gasteiger partial charge in [0.1, 0.15) is 0 Å². The number of hydrogen-bond donors (Lipinski definition) is 1. The number of aliphatic hydroxyl groups is 1. The number of hydrogen-bond acceptors (Lipinski definition) is 4. The number of allylic oxidation sites excluding steroid dienone is 2. The quantitative estimate of drug-likeness (QED) is 0.392. The first kappa shape index (κ1) is 25.0. The predicted octanol–water partition coefficient (Wildman–Crippen LogP) is 4.73. The molecule has 5 nitrogen and oxygen atoms in total. The molecule has 0 bridgehead atoms. The lowest BCUT2D eigenvalue weighted by Crippen LogP contribution is -2.50. The lowest BCUT2D eigenvalue weighted by molar-refractivity contribution is -0.145. The van der Waals surface area contributed by atoms with Crippen molar-refractivity contribution in [2.75, 3.05) is 39.8 Å². The molecule has 1 aliphatic heterocycles. The Kier molecular flexibility index (Phi) is 11.2. The van der Waals surface area contributed by atoms with Crippen molar-refractivity contribution < 1.29 is 14.6 Å². The Labute approximate surface area is 176 Å². The van der Waals surface area contributed by atoms with Gasteiger partial charge >= 0.3 is 0 Å². The first-order chi connectivity index (χ1) is 13.3. The molecule has 1 unspecified atom stereocenters. The molecule has 0 aromatic heterocycles. The summed E-state index contributed by atoms with van der Waals surface area (Å²) in [6.45, 7) is 12.2. The van der Waals surface area contributed by atoms with Gasteiger partial charge in [0.25, 0.3) is 0 Å². The van der Waals surface area contributed by atoms with Gasteiger partial charge in [-0.05, 0) is 65.1 Å². The second-order valence-corrected chi connectivity index (χ2v) is 8.32. The third-order valence-corrected chi connectivity index (χ3v) is 6.20. The second kappa shape index (κ2) is 12.5. The molecule has 0 radical (unpaired) electrons. The van der Waals surface area contributed by atoms with Crippen LogP contribution in [0.3, 0.4) is 0 Å². The number of rotatable bonds is 11. The molecule has 1 saturated heterocycles. The van der Waals surface area contributed by atoms with Crippen LogP contribution in [0.25, 0.3) is 0 Å². The number of aliphatic hydroxyl groups excluding tert-OH is 1. The number of halogens is 1.